The Balaban J connectivity index is 1.81. The van der Waals surface area contributed by atoms with Gasteiger partial charge in [0.2, 0.25) is 0 Å². The van der Waals surface area contributed by atoms with Gasteiger partial charge in [-0.25, -0.2) is 4.79 Å². The lowest BCUT2D eigenvalue weighted by Gasteiger charge is -2.30. The predicted molar refractivity (Wildman–Crippen MR) is 83.8 cm³/mol. The van der Waals surface area contributed by atoms with Crippen LogP contribution in [-0.2, 0) is 0 Å². The first-order valence-electron chi connectivity index (χ1n) is 8.52. The minimum Gasteiger partial charge on any atom is -0.335 e. The Labute approximate surface area is 124 Å². The van der Waals surface area contributed by atoms with Gasteiger partial charge in [0.05, 0.1) is 0 Å². The number of urea groups is 1. The maximum atomic E-state index is 12.4. The van der Waals surface area contributed by atoms with E-state index in [1.54, 1.807) is 0 Å². The standard InChI is InChI=1S/C17H32N2O/c1-17(2,3)14-8-7-12-19(13-11-14)16(20)18-15-9-5-4-6-10-15/h14-15H,4-13H2,1-3H3,(H,18,20). The van der Waals surface area contributed by atoms with Crippen molar-refractivity contribution in [3.05, 3.63) is 0 Å². The summed E-state index contributed by atoms with van der Waals surface area (Å²) in [5.74, 6) is 0.745. The molecular weight excluding hydrogens is 248 g/mol. The van der Waals surface area contributed by atoms with Crippen LogP contribution in [0.5, 0.6) is 0 Å². The molecule has 1 unspecified atom stereocenters. The van der Waals surface area contributed by atoms with Gasteiger partial charge in [-0.15, -0.1) is 0 Å². The van der Waals surface area contributed by atoms with Crippen LogP contribution in [0.2, 0.25) is 0 Å². The summed E-state index contributed by atoms with van der Waals surface area (Å²) in [5.41, 5.74) is 0.371. The summed E-state index contributed by atoms with van der Waals surface area (Å²) in [6.45, 7) is 8.85. The molecule has 2 aliphatic rings. The molecule has 0 radical (unpaired) electrons. The van der Waals surface area contributed by atoms with E-state index in [0.717, 1.165) is 31.8 Å². The molecule has 1 heterocycles. The molecule has 0 aromatic heterocycles. The molecule has 1 aliphatic heterocycles. The van der Waals surface area contributed by atoms with E-state index in [0.29, 0.717) is 11.5 Å². The molecule has 0 spiro atoms. The van der Waals surface area contributed by atoms with E-state index in [1.807, 2.05) is 0 Å². The zero-order valence-corrected chi connectivity index (χ0v) is 13.6. The van der Waals surface area contributed by atoms with Crippen LogP contribution in [0.25, 0.3) is 0 Å². The van der Waals surface area contributed by atoms with Gasteiger partial charge in [0.1, 0.15) is 0 Å². The Morgan fingerprint density at radius 2 is 1.65 bits per heavy atom. The highest BCUT2D eigenvalue weighted by Gasteiger charge is 2.29. The number of carbonyl (C=O) groups excluding carboxylic acids is 1. The van der Waals surface area contributed by atoms with Crippen molar-refractivity contribution in [2.75, 3.05) is 13.1 Å². The van der Waals surface area contributed by atoms with E-state index in [-0.39, 0.29) is 6.03 Å². The van der Waals surface area contributed by atoms with E-state index in [2.05, 4.69) is 31.0 Å². The Hall–Kier alpha value is -0.730. The minimum atomic E-state index is 0.187. The van der Waals surface area contributed by atoms with Gasteiger partial charge in [0.15, 0.2) is 0 Å². The zero-order valence-electron chi connectivity index (χ0n) is 13.6. The molecule has 2 amide bonds. The number of likely N-dealkylation sites (tertiary alicyclic amines) is 1. The molecule has 0 aromatic rings. The highest BCUT2D eigenvalue weighted by Crippen LogP contribution is 2.34. The van der Waals surface area contributed by atoms with Crippen molar-refractivity contribution in [1.82, 2.24) is 10.2 Å². The van der Waals surface area contributed by atoms with Crippen molar-refractivity contribution in [3.8, 4) is 0 Å². The third-order valence-corrected chi connectivity index (χ3v) is 5.17. The van der Waals surface area contributed by atoms with Crippen LogP contribution in [0, 0.1) is 11.3 Å². The summed E-state index contributed by atoms with van der Waals surface area (Å²) in [7, 11) is 0. The number of rotatable bonds is 1. The monoisotopic (exact) mass is 280 g/mol. The maximum Gasteiger partial charge on any atom is 0.317 e. The predicted octanol–water partition coefficient (Wildman–Crippen LogP) is 4.18. The third-order valence-electron chi connectivity index (χ3n) is 5.17. The van der Waals surface area contributed by atoms with Gasteiger partial charge in [0, 0.05) is 19.1 Å². The lowest BCUT2D eigenvalue weighted by atomic mass is 9.77. The summed E-state index contributed by atoms with van der Waals surface area (Å²) < 4.78 is 0. The average Bonchev–Trinajstić information content (AvgIpc) is 2.65. The Morgan fingerprint density at radius 3 is 2.30 bits per heavy atom. The lowest BCUT2D eigenvalue weighted by Crippen LogP contribution is -2.45. The van der Waals surface area contributed by atoms with Crippen LogP contribution in [0.3, 0.4) is 0 Å². The number of hydrogen-bond donors (Lipinski definition) is 1. The van der Waals surface area contributed by atoms with Gasteiger partial charge in [-0.2, -0.15) is 0 Å². The molecule has 1 atom stereocenters. The second kappa shape index (κ2) is 6.82. The molecule has 1 N–H and O–H groups in total. The molecule has 20 heavy (non-hydrogen) atoms. The fraction of sp³-hybridized carbons (Fsp3) is 0.941. The summed E-state index contributed by atoms with van der Waals surface area (Å²) in [4.78, 5) is 14.4. The van der Waals surface area contributed by atoms with Gasteiger partial charge in [-0.3, -0.25) is 0 Å². The molecule has 1 saturated carbocycles. The van der Waals surface area contributed by atoms with E-state index < -0.39 is 0 Å². The van der Waals surface area contributed by atoms with Gasteiger partial charge in [0.25, 0.3) is 0 Å². The van der Waals surface area contributed by atoms with Crippen molar-refractivity contribution in [1.29, 1.82) is 0 Å². The van der Waals surface area contributed by atoms with E-state index in [1.165, 1.54) is 38.5 Å². The molecule has 2 rings (SSSR count). The van der Waals surface area contributed by atoms with Crippen LogP contribution in [0.15, 0.2) is 0 Å². The first-order valence-corrected chi connectivity index (χ1v) is 8.52. The minimum absolute atomic E-state index is 0.187. The molecule has 0 bridgehead atoms. The molecule has 1 aliphatic carbocycles. The maximum absolute atomic E-state index is 12.4. The average molecular weight is 280 g/mol. The zero-order chi connectivity index (χ0) is 14.6. The third kappa shape index (κ3) is 4.39. The van der Waals surface area contributed by atoms with Gasteiger partial charge >= 0.3 is 6.03 Å². The van der Waals surface area contributed by atoms with E-state index in [9.17, 15) is 4.79 Å². The highest BCUT2D eigenvalue weighted by molar-refractivity contribution is 5.74. The number of nitrogens with zero attached hydrogens (tertiary/aromatic N) is 1. The molecule has 3 nitrogen and oxygen atoms in total. The molecule has 0 aromatic carbocycles. The Kier molecular flexibility index (Phi) is 5.34. The highest BCUT2D eigenvalue weighted by atomic mass is 16.2. The van der Waals surface area contributed by atoms with Crippen molar-refractivity contribution in [2.24, 2.45) is 11.3 Å². The summed E-state index contributed by atoms with van der Waals surface area (Å²) >= 11 is 0. The van der Waals surface area contributed by atoms with Crippen LogP contribution in [-0.4, -0.2) is 30.1 Å². The smallest absolute Gasteiger partial charge is 0.317 e. The Bertz CT molecular complexity index is 315. The van der Waals surface area contributed by atoms with Crippen molar-refractivity contribution in [3.63, 3.8) is 0 Å². The summed E-state index contributed by atoms with van der Waals surface area (Å²) in [6.07, 6.45) is 9.80. The van der Waals surface area contributed by atoms with Crippen molar-refractivity contribution >= 4 is 6.03 Å². The van der Waals surface area contributed by atoms with Gasteiger partial charge < -0.3 is 10.2 Å². The van der Waals surface area contributed by atoms with Crippen molar-refractivity contribution in [2.45, 2.75) is 78.2 Å². The largest absolute Gasteiger partial charge is 0.335 e. The molecule has 1 saturated heterocycles. The van der Waals surface area contributed by atoms with Crippen LogP contribution in [0.4, 0.5) is 4.79 Å². The van der Waals surface area contributed by atoms with Gasteiger partial charge in [-0.1, -0.05) is 40.0 Å². The quantitative estimate of drug-likeness (QED) is 0.768. The molecule has 3 heteroatoms. The topological polar surface area (TPSA) is 32.3 Å². The second-order valence-electron chi connectivity index (χ2n) is 7.77. The SMILES string of the molecule is CC(C)(C)C1CCCN(C(=O)NC2CCCCC2)CC1. The lowest BCUT2D eigenvalue weighted by molar-refractivity contribution is 0.185. The second-order valence-corrected chi connectivity index (χ2v) is 7.77. The first-order chi connectivity index (χ1) is 9.47. The number of hydrogen-bond acceptors (Lipinski definition) is 1. The van der Waals surface area contributed by atoms with Gasteiger partial charge in [-0.05, 0) is 43.4 Å². The number of carbonyl (C=O) groups is 1. The molecule has 2 fully saturated rings. The normalized spacial score (nSPS) is 26.1. The summed E-state index contributed by atoms with van der Waals surface area (Å²) in [6, 6.07) is 0.615. The number of amides is 2. The van der Waals surface area contributed by atoms with Crippen LogP contribution >= 0.6 is 0 Å². The Morgan fingerprint density at radius 1 is 0.950 bits per heavy atom. The van der Waals surface area contributed by atoms with E-state index in [4.69, 9.17) is 0 Å². The fourth-order valence-electron chi connectivity index (χ4n) is 3.68. The first kappa shape index (κ1) is 15.7. The summed E-state index contributed by atoms with van der Waals surface area (Å²) in [5, 5.41) is 3.26. The molecule has 116 valence electrons. The molecular formula is C17H32N2O. The van der Waals surface area contributed by atoms with Crippen LogP contribution < -0.4 is 5.32 Å². The van der Waals surface area contributed by atoms with Crippen LogP contribution in [0.1, 0.15) is 72.1 Å². The van der Waals surface area contributed by atoms with Crippen molar-refractivity contribution < 1.29 is 4.79 Å². The number of nitrogens with one attached hydrogen (secondary N) is 1. The van der Waals surface area contributed by atoms with E-state index >= 15 is 0 Å². The fourth-order valence-corrected chi connectivity index (χ4v) is 3.68.